The van der Waals surface area contributed by atoms with E-state index in [2.05, 4.69) is 5.10 Å². The molecule has 16 heavy (non-hydrogen) atoms. The Morgan fingerprint density at radius 3 is 2.81 bits per heavy atom. The highest BCUT2D eigenvalue weighted by molar-refractivity contribution is 6.35. The average molecular weight is 239 g/mol. The van der Waals surface area contributed by atoms with Crippen molar-refractivity contribution in [1.29, 1.82) is 0 Å². The molecule has 0 N–H and O–H groups in total. The van der Waals surface area contributed by atoms with Crippen LogP contribution in [-0.2, 0) is 7.05 Å². The molecule has 3 nitrogen and oxygen atoms in total. The van der Waals surface area contributed by atoms with Crippen LogP contribution in [0.4, 0.5) is 4.39 Å². The first-order valence-corrected chi connectivity index (χ1v) is 4.96. The van der Waals surface area contributed by atoms with Crippen molar-refractivity contribution in [2.75, 3.05) is 0 Å². The second kappa shape index (κ2) is 4.06. The summed E-state index contributed by atoms with van der Waals surface area (Å²) in [6, 6.07) is 5.68. The van der Waals surface area contributed by atoms with Crippen LogP contribution in [0.2, 0.25) is 5.02 Å². The van der Waals surface area contributed by atoms with Gasteiger partial charge in [0, 0.05) is 18.8 Å². The highest BCUT2D eigenvalue weighted by Crippen LogP contribution is 2.21. The summed E-state index contributed by atoms with van der Waals surface area (Å²) in [4.78, 5) is 11.9. The molecule has 0 aliphatic carbocycles. The molecule has 82 valence electrons. The molecule has 0 radical (unpaired) electrons. The molecule has 0 bridgehead atoms. The van der Waals surface area contributed by atoms with Gasteiger partial charge in [0.25, 0.3) is 0 Å². The van der Waals surface area contributed by atoms with Crippen LogP contribution in [-0.4, -0.2) is 15.6 Å². The van der Waals surface area contributed by atoms with E-state index in [0.29, 0.717) is 0 Å². The van der Waals surface area contributed by atoms with Gasteiger partial charge < -0.3 is 0 Å². The molecular weight excluding hydrogens is 231 g/mol. The Hall–Kier alpha value is -1.68. The quantitative estimate of drug-likeness (QED) is 0.754. The van der Waals surface area contributed by atoms with Gasteiger partial charge in [-0.2, -0.15) is 5.10 Å². The van der Waals surface area contributed by atoms with Gasteiger partial charge in [0.1, 0.15) is 11.5 Å². The van der Waals surface area contributed by atoms with Crippen LogP contribution in [0.5, 0.6) is 0 Å². The molecule has 0 amide bonds. The van der Waals surface area contributed by atoms with Gasteiger partial charge in [-0.15, -0.1) is 0 Å². The molecule has 1 aromatic carbocycles. The number of rotatable bonds is 2. The summed E-state index contributed by atoms with van der Waals surface area (Å²) >= 11 is 5.71. The number of carbonyl (C=O) groups is 1. The Balaban J connectivity index is 2.45. The van der Waals surface area contributed by atoms with Crippen LogP contribution in [0.25, 0.3) is 0 Å². The standard InChI is InChI=1S/C11H8ClFN2O/c1-15-6-5-9(14-15)11(16)7-3-2-4-8(13)10(7)12/h2-6H,1H3. The molecular formula is C11H8ClFN2O. The number of nitrogens with zero attached hydrogens (tertiary/aromatic N) is 2. The van der Waals surface area contributed by atoms with E-state index in [1.807, 2.05) is 0 Å². The zero-order chi connectivity index (χ0) is 11.7. The Kier molecular flexibility index (Phi) is 2.75. The zero-order valence-corrected chi connectivity index (χ0v) is 9.20. The van der Waals surface area contributed by atoms with E-state index in [0.717, 1.165) is 0 Å². The van der Waals surface area contributed by atoms with Crippen molar-refractivity contribution in [3.05, 3.63) is 52.6 Å². The fourth-order valence-electron chi connectivity index (χ4n) is 1.35. The number of ketones is 1. The molecule has 5 heteroatoms. The van der Waals surface area contributed by atoms with E-state index < -0.39 is 5.82 Å². The number of hydrogen-bond acceptors (Lipinski definition) is 2. The summed E-state index contributed by atoms with van der Waals surface area (Å²) in [5, 5.41) is 3.78. The number of aromatic nitrogens is 2. The molecule has 2 rings (SSSR count). The summed E-state index contributed by atoms with van der Waals surface area (Å²) in [6.07, 6.45) is 1.64. The third-order valence-electron chi connectivity index (χ3n) is 2.14. The van der Waals surface area contributed by atoms with Gasteiger partial charge in [-0.05, 0) is 18.2 Å². The SMILES string of the molecule is Cn1ccc(C(=O)c2cccc(F)c2Cl)n1. The number of halogens is 2. The molecule has 0 spiro atoms. The molecule has 2 aromatic rings. The maximum atomic E-state index is 13.2. The van der Waals surface area contributed by atoms with Crippen molar-refractivity contribution in [2.45, 2.75) is 0 Å². The zero-order valence-electron chi connectivity index (χ0n) is 8.45. The van der Waals surface area contributed by atoms with Crippen LogP contribution >= 0.6 is 11.6 Å². The Morgan fingerprint density at radius 1 is 1.44 bits per heavy atom. The van der Waals surface area contributed by atoms with Crippen LogP contribution in [0.3, 0.4) is 0 Å². The second-order valence-electron chi connectivity index (χ2n) is 3.31. The summed E-state index contributed by atoms with van der Waals surface area (Å²) < 4.78 is 14.7. The predicted octanol–water partition coefficient (Wildman–Crippen LogP) is 2.44. The van der Waals surface area contributed by atoms with Crippen LogP contribution in [0.15, 0.2) is 30.5 Å². The van der Waals surface area contributed by atoms with Gasteiger partial charge in [-0.3, -0.25) is 9.48 Å². The molecule has 0 unspecified atom stereocenters. The minimum atomic E-state index is -0.608. The number of benzene rings is 1. The van der Waals surface area contributed by atoms with Crippen molar-refractivity contribution in [2.24, 2.45) is 7.05 Å². The Bertz CT molecular complexity index is 551. The van der Waals surface area contributed by atoms with Gasteiger partial charge >= 0.3 is 0 Å². The molecule has 1 aromatic heterocycles. The van der Waals surface area contributed by atoms with E-state index in [-0.39, 0.29) is 22.1 Å². The van der Waals surface area contributed by atoms with E-state index in [9.17, 15) is 9.18 Å². The van der Waals surface area contributed by atoms with Gasteiger partial charge in [0.15, 0.2) is 0 Å². The van der Waals surface area contributed by atoms with E-state index in [4.69, 9.17) is 11.6 Å². The summed E-state index contributed by atoms with van der Waals surface area (Å²) in [5.74, 6) is -0.992. The second-order valence-corrected chi connectivity index (χ2v) is 3.68. The monoisotopic (exact) mass is 238 g/mol. The number of aryl methyl sites for hydroxylation is 1. The number of carbonyl (C=O) groups excluding carboxylic acids is 1. The average Bonchev–Trinajstić information content (AvgIpc) is 2.68. The van der Waals surface area contributed by atoms with E-state index in [1.54, 1.807) is 19.3 Å². The van der Waals surface area contributed by atoms with E-state index in [1.165, 1.54) is 22.9 Å². The summed E-state index contributed by atoms with van der Waals surface area (Å²) in [5.41, 5.74) is 0.371. The number of hydrogen-bond donors (Lipinski definition) is 0. The van der Waals surface area contributed by atoms with Gasteiger partial charge in [0.05, 0.1) is 5.02 Å². The lowest BCUT2D eigenvalue weighted by Gasteiger charge is -2.01. The maximum Gasteiger partial charge on any atom is 0.214 e. The molecule has 1 heterocycles. The van der Waals surface area contributed by atoms with Crippen LogP contribution in [0, 0.1) is 5.82 Å². The smallest absolute Gasteiger partial charge is 0.214 e. The van der Waals surface area contributed by atoms with Crippen molar-refractivity contribution >= 4 is 17.4 Å². The summed E-state index contributed by atoms with van der Waals surface area (Å²) in [7, 11) is 1.70. The lowest BCUT2D eigenvalue weighted by atomic mass is 10.1. The molecule has 0 aliphatic heterocycles. The lowest BCUT2D eigenvalue weighted by Crippen LogP contribution is -2.05. The molecule has 0 saturated carbocycles. The maximum absolute atomic E-state index is 13.2. The van der Waals surface area contributed by atoms with Crippen LogP contribution < -0.4 is 0 Å². The first-order valence-electron chi connectivity index (χ1n) is 4.58. The third kappa shape index (κ3) is 1.84. The van der Waals surface area contributed by atoms with Gasteiger partial charge in [0.2, 0.25) is 5.78 Å². The van der Waals surface area contributed by atoms with Crippen molar-refractivity contribution in [3.8, 4) is 0 Å². The van der Waals surface area contributed by atoms with Gasteiger partial charge in [-0.25, -0.2) is 4.39 Å². The molecule has 0 aliphatic rings. The molecule has 0 atom stereocenters. The Labute approximate surface area is 96.5 Å². The largest absolute Gasteiger partial charge is 0.287 e. The molecule has 0 saturated heterocycles. The summed E-state index contributed by atoms with van der Waals surface area (Å²) in [6.45, 7) is 0. The van der Waals surface area contributed by atoms with Crippen molar-refractivity contribution < 1.29 is 9.18 Å². The highest BCUT2D eigenvalue weighted by Gasteiger charge is 2.17. The van der Waals surface area contributed by atoms with Crippen molar-refractivity contribution in [1.82, 2.24) is 9.78 Å². The van der Waals surface area contributed by atoms with E-state index >= 15 is 0 Å². The predicted molar refractivity (Wildman–Crippen MR) is 58.1 cm³/mol. The first-order chi connectivity index (χ1) is 7.59. The normalized spacial score (nSPS) is 10.4. The fraction of sp³-hybridized carbons (Fsp3) is 0.0909. The minimum Gasteiger partial charge on any atom is -0.287 e. The van der Waals surface area contributed by atoms with Gasteiger partial charge in [-0.1, -0.05) is 17.7 Å². The highest BCUT2D eigenvalue weighted by atomic mass is 35.5. The molecule has 0 fully saturated rings. The first kappa shape index (κ1) is 10.8. The van der Waals surface area contributed by atoms with Crippen molar-refractivity contribution in [3.63, 3.8) is 0 Å². The topological polar surface area (TPSA) is 34.9 Å². The minimum absolute atomic E-state index is 0.125. The lowest BCUT2D eigenvalue weighted by molar-refractivity contribution is 0.103. The van der Waals surface area contributed by atoms with Crippen LogP contribution in [0.1, 0.15) is 16.1 Å². The Morgan fingerprint density at radius 2 is 2.19 bits per heavy atom. The fourth-order valence-corrected chi connectivity index (χ4v) is 1.57. The third-order valence-corrected chi connectivity index (χ3v) is 2.53.